The minimum absolute atomic E-state index is 0.00171. The number of hydrogen-bond acceptors (Lipinski definition) is 7. The number of ether oxygens (including phenoxy) is 3. The lowest BCUT2D eigenvalue weighted by molar-refractivity contribution is -0.149. The normalized spacial score (nSPS) is 12.6. The first-order valence-electron chi connectivity index (χ1n) is 24.3. The summed E-state index contributed by atoms with van der Waals surface area (Å²) in [5.41, 5.74) is 0. The van der Waals surface area contributed by atoms with E-state index in [2.05, 4.69) is 32.6 Å². The van der Waals surface area contributed by atoms with Crippen molar-refractivity contribution in [2.75, 3.05) is 39.5 Å². The predicted molar refractivity (Wildman–Crippen MR) is 234 cm³/mol. The van der Waals surface area contributed by atoms with Crippen molar-refractivity contribution in [2.24, 2.45) is 5.92 Å². The summed E-state index contributed by atoms with van der Waals surface area (Å²) in [5.74, 6) is 0.132. The average molecular weight is 782 g/mol. The minimum atomic E-state index is -0.470. The Labute approximate surface area is 342 Å². The van der Waals surface area contributed by atoms with Crippen LogP contribution in [0.25, 0.3) is 0 Å². The molecule has 0 radical (unpaired) electrons. The molecule has 328 valence electrons. The molecule has 0 aliphatic heterocycles. The molecule has 0 aromatic rings. The molecule has 0 amide bonds. The largest absolute Gasteiger partial charge is 0.508 e. The van der Waals surface area contributed by atoms with Gasteiger partial charge in [-0.1, -0.05) is 182 Å². The topological polar surface area (TPSA) is 85.3 Å². The number of carbonyl (C=O) groups is 2. The van der Waals surface area contributed by atoms with Crippen LogP contribution in [0.4, 0.5) is 4.79 Å². The molecule has 0 saturated heterocycles. The smallest absolute Gasteiger partial charge is 0.465 e. The van der Waals surface area contributed by atoms with Gasteiger partial charge in [0.25, 0.3) is 0 Å². The van der Waals surface area contributed by atoms with Gasteiger partial charge in [-0.05, 0) is 77.3 Å². The summed E-state index contributed by atoms with van der Waals surface area (Å²) >= 11 is 0. The zero-order valence-electron chi connectivity index (χ0n) is 37.4. The summed E-state index contributed by atoms with van der Waals surface area (Å²) in [4.78, 5) is 27.5. The molecule has 0 aromatic carbocycles. The van der Waals surface area contributed by atoms with E-state index in [1.165, 1.54) is 122 Å². The van der Waals surface area contributed by atoms with Gasteiger partial charge in [-0.3, -0.25) is 4.79 Å². The van der Waals surface area contributed by atoms with Crippen molar-refractivity contribution in [1.82, 2.24) is 4.90 Å². The summed E-state index contributed by atoms with van der Waals surface area (Å²) in [6, 6.07) is 0. The summed E-state index contributed by atoms with van der Waals surface area (Å²) in [7, 11) is 0. The maximum atomic E-state index is 12.6. The number of carbonyl (C=O) groups excluding carboxylic acids is 2. The van der Waals surface area contributed by atoms with Crippen LogP contribution in [-0.4, -0.2) is 67.7 Å². The van der Waals surface area contributed by atoms with Crippen molar-refractivity contribution in [3.05, 3.63) is 0 Å². The molecule has 0 spiro atoms. The van der Waals surface area contributed by atoms with Gasteiger partial charge in [-0.15, -0.1) is 0 Å². The molecule has 0 rings (SSSR count). The Morgan fingerprint density at radius 3 is 1.33 bits per heavy atom. The summed E-state index contributed by atoms with van der Waals surface area (Å²) in [6.07, 6.45) is 39.4. The number of rotatable bonds is 44. The zero-order valence-corrected chi connectivity index (χ0v) is 37.4. The molecule has 0 heterocycles. The van der Waals surface area contributed by atoms with Gasteiger partial charge in [0.1, 0.15) is 6.10 Å². The van der Waals surface area contributed by atoms with E-state index >= 15 is 0 Å². The molecule has 0 aromatic heterocycles. The average Bonchev–Trinajstić information content (AvgIpc) is 3.18. The summed E-state index contributed by atoms with van der Waals surface area (Å²) < 4.78 is 17.0. The van der Waals surface area contributed by atoms with E-state index in [0.717, 1.165) is 116 Å². The number of hydrogen-bond donors (Lipinski definition) is 1. The Balaban J connectivity index is 3.96. The molecule has 0 fully saturated rings. The van der Waals surface area contributed by atoms with E-state index in [1.807, 2.05) is 0 Å². The van der Waals surface area contributed by atoms with Gasteiger partial charge in [0.2, 0.25) is 0 Å². The molecule has 1 N–H and O–H groups in total. The van der Waals surface area contributed by atoms with Crippen LogP contribution >= 0.6 is 0 Å². The first-order chi connectivity index (χ1) is 27.0. The van der Waals surface area contributed by atoms with Gasteiger partial charge in [0, 0.05) is 6.54 Å². The van der Waals surface area contributed by atoms with Gasteiger partial charge >= 0.3 is 12.1 Å². The highest BCUT2D eigenvalue weighted by molar-refractivity contribution is 5.72. The van der Waals surface area contributed by atoms with E-state index in [-0.39, 0.29) is 24.6 Å². The molecule has 0 aliphatic carbocycles. The molecule has 0 bridgehead atoms. The lowest BCUT2D eigenvalue weighted by Gasteiger charge is -2.21. The van der Waals surface area contributed by atoms with Crippen molar-refractivity contribution in [3.63, 3.8) is 0 Å². The predicted octanol–water partition coefficient (Wildman–Crippen LogP) is 14.3. The van der Waals surface area contributed by atoms with E-state index < -0.39 is 6.16 Å². The Hall–Kier alpha value is -1.34. The Kier molecular flexibility index (Phi) is 42.7. The fraction of sp³-hybridized carbons (Fsp3) is 0.958. The number of aliphatic hydroxyl groups excluding tert-OH is 1. The van der Waals surface area contributed by atoms with Crippen molar-refractivity contribution >= 4 is 12.1 Å². The number of esters is 1. The third kappa shape index (κ3) is 38.0. The van der Waals surface area contributed by atoms with Gasteiger partial charge in [0.05, 0.1) is 25.7 Å². The molecule has 2 unspecified atom stereocenters. The highest BCUT2D eigenvalue weighted by Crippen LogP contribution is 2.20. The maximum Gasteiger partial charge on any atom is 0.508 e. The van der Waals surface area contributed by atoms with Gasteiger partial charge < -0.3 is 24.2 Å². The van der Waals surface area contributed by atoms with Crippen LogP contribution in [0, 0.1) is 5.92 Å². The number of nitrogens with zero attached hydrogens (tertiary/aromatic N) is 1. The molecule has 7 heteroatoms. The van der Waals surface area contributed by atoms with E-state index in [0.29, 0.717) is 13.2 Å². The Morgan fingerprint density at radius 2 is 0.818 bits per heavy atom. The standard InChI is InChI=1S/C48H95NO6/c1-5-9-13-15-16-17-18-23-30-38-46(37-29-14-10-6-2)55-48(52)54-44-34-27-22-20-25-32-40-49(41-42-50)39-31-24-19-21-26-33-43-53-47(51)45(35-12-8-4)36-28-11-7-3/h45-46,50H,5-44H2,1-4H3. The van der Waals surface area contributed by atoms with Crippen LogP contribution in [0.5, 0.6) is 0 Å². The monoisotopic (exact) mass is 782 g/mol. The highest BCUT2D eigenvalue weighted by atomic mass is 16.7. The van der Waals surface area contributed by atoms with Gasteiger partial charge in [0.15, 0.2) is 0 Å². The van der Waals surface area contributed by atoms with Crippen molar-refractivity contribution < 1.29 is 28.9 Å². The molecule has 0 aliphatic rings. The van der Waals surface area contributed by atoms with E-state index in [9.17, 15) is 14.7 Å². The number of aliphatic hydroxyl groups is 1. The fourth-order valence-corrected chi connectivity index (χ4v) is 7.60. The summed E-state index contributed by atoms with van der Waals surface area (Å²) in [6.45, 7) is 13.0. The number of unbranched alkanes of at least 4 members (excludes halogenated alkanes) is 24. The van der Waals surface area contributed by atoms with Crippen LogP contribution in [0.2, 0.25) is 0 Å². The van der Waals surface area contributed by atoms with Crippen molar-refractivity contribution in [1.29, 1.82) is 0 Å². The highest BCUT2D eigenvalue weighted by Gasteiger charge is 2.19. The fourth-order valence-electron chi connectivity index (χ4n) is 7.60. The molecule has 0 saturated carbocycles. The second-order valence-corrected chi connectivity index (χ2v) is 16.6. The SMILES string of the molecule is CCCCCCCCCCCC(CCCCCC)OC(=O)OCCCCCCCCN(CCO)CCCCCCCCOC(=O)C(CCCC)CCCCC. The van der Waals surface area contributed by atoms with Crippen LogP contribution in [-0.2, 0) is 19.0 Å². The van der Waals surface area contributed by atoms with E-state index in [4.69, 9.17) is 14.2 Å². The van der Waals surface area contributed by atoms with Crippen LogP contribution in [0.15, 0.2) is 0 Å². The van der Waals surface area contributed by atoms with Gasteiger partial charge in [-0.25, -0.2) is 4.79 Å². The minimum Gasteiger partial charge on any atom is -0.465 e. The third-order valence-corrected chi connectivity index (χ3v) is 11.3. The Bertz CT molecular complexity index is 794. The first kappa shape index (κ1) is 53.7. The maximum absolute atomic E-state index is 12.6. The second-order valence-electron chi connectivity index (χ2n) is 16.6. The molecule has 2 atom stereocenters. The molecular formula is C48H95NO6. The second kappa shape index (κ2) is 43.8. The molecular weight excluding hydrogens is 687 g/mol. The van der Waals surface area contributed by atoms with Crippen LogP contribution in [0.1, 0.15) is 246 Å². The third-order valence-electron chi connectivity index (χ3n) is 11.3. The van der Waals surface area contributed by atoms with Crippen molar-refractivity contribution in [3.8, 4) is 0 Å². The molecule has 55 heavy (non-hydrogen) atoms. The van der Waals surface area contributed by atoms with Crippen LogP contribution < -0.4 is 0 Å². The zero-order chi connectivity index (χ0) is 40.3. The van der Waals surface area contributed by atoms with Crippen molar-refractivity contribution in [2.45, 2.75) is 252 Å². The quantitative estimate of drug-likeness (QED) is 0.0487. The van der Waals surface area contributed by atoms with Gasteiger partial charge in [-0.2, -0.15) is 0 Å². The summed E-state index contributed by atoms with van der Waals surface area (Å²) in [5, 5.41) is 9.57. The lowest BCUT2D eigenvalue weighted by atomic mass is 9.95. The Morgan fingerprint density at radius 1 is 0.436 bits per heavy atom. The van der Waals surface area contributed by atoms with E-state index in [1.54, 1.807) is 0 Å². The first-order valence-corrected chi connectivity index (χ1v) is 24.3. The lowest BCUT2D eigenvalue weighted by Crippen LogP contribution is -2.29. The molecule has 7 nitrogen and oxygen atoms in total. The van der Waals surface area contributed by atoms with Crippen LogP contribution in [0.3, 0.4) is 0 Å².